The van der Waals surface area contributed by atoms with Crippen LogP contribution in [0.5, 0.6) is 0 Å². The third-order valence-corrected chi connectivity index (χ3v) is 5.36. The molecule has 1 aliphatic heterocycles. The van der Waals surface area contributed by atoms with Crippen molar-refractivity contribution in [1.29, 1.82) is 0 Å². The number of rotatable bonds is 7. The number of amides is 2. The van der Waals surface area contributed by atoms with Gasteiger partial charge in [-0.3, -0.25) is 0 Å². The van der Waals surface area contributed by atoms with Crippen molar-refractivity contribution in [3.8, 4) is 0 Å². The van der Waals surface area contributed by atoms with Crippen LogP contribution in [0.3, 0.4) is 0 Å². The number of urea groups is 1. The minimum atomic E-state index is -4.36. The van der Waals surface area contributed by atoms with Crippen molar-refractivity contribution >= 4 is 6.03 Å². The van der Waals surface area contributed by atoms with Gasteiger partial charge in [-0.2, -0.15) is 13.2 Å². The van der Waals surface area contributed by atoms with Crippen LogP contribution in [0, 0.1) is 0 Å². The molecule has 2 amide bonds. The molecule has 1 heterocycles. The third kappa shape index (κ3) is 6.76. The Morgan fingerprint density at radius 2 is 1.60 bits per heavy atom. The van der Waals surface area contributed by atoms with E-state index in [0.717, 1.165) is 37.3 Å². The monoisotopic (exact) mass is 419 g/mol. The van der Waals surface area contributed by atoms with E-state index in [9.17, 15) is 18.0 Å². The lowest BCUT2D eigenvalue weighted by atomic mass is 10.1. The Morgan fingerprint density at radius 1 is 0.933 bits per heavy atom. The first-order valence-corrected chi connectivity index (χ1v) is 10.4. The van der Waals surface area contributed by atoms with Crippen LogP contribution in [0.2, 0.25) is 0 Å². The summed E-state index contributed by atoms with van der Waals surface area (Å²) in [5, 5.41) is 2.93. The van der Waals surface area contributed by atoms with Crippen LogP contribution in [-0.2, 0) is 19.3 Å². The van der Waals surface area contributed by atoms with E-state index >= 15 is 0 Å². The Hall–Kier alpha value is -2.54. The van der Waals surface area contributed by atoms with Gasteiger partial charge in [0.1, 0.15) is 0 Å². The lowest BCUT2D eigenvalue weighted by Crippen LogP contribution is -2.44. The Labute approximate surface area is 175 Å². The van der Waals surface area contributed by atoms with Gasteiger partial charge in [0.2, 0.25) is 0 Å². The SMILES string of the molecule is O=C(NCc1ccccc1)N(CCN1CCCCC1)Cc1ccc(C(F)(F)F)cc1. The quantitative estimate of drug-likeness (QED) is 0.693. The van der Waals surface area contributed by atoms with Crippen LogP contribution in [0.25, 0.3) is 0 Å². The summed E-state index contributed by atoms with van der Waals surface area (Å²) in [5.41, 5.74) is 0.993. The van der Waals surface area contributed by atoms with Crippen molar-refractivity contribution in [2.75, 3.05) is 26.2 Å². The molecule has 3 rings (SSSR count). The number of hydrogen-bond acceptors (Lipinski definition) is 2. The van der Waals surface area contributed by atoms with Crippen molar-refractivity contribution in [2.45, 2.75) is 38.5 Å². The fraction of sp³-hybridized carbons (Fsp3) is 0.435. The molecule has 1 N–H and O–H groups in total. The maximum atomic E-state index is 12.8. The number of likely N-dealkylation sites (tertiary alicyclic amines) is 1. The van der Waals surface area contributed by atoms with E-state index in [1.165, 1.54) is 31.4 Å². The molecule has 1 saturated heterocycles. The van der Waals surface area contributed by atoms with Gasteiger partial charge in [-0.1, -0.05) is 48.9 Å². The highest BCUT2D eigenvalue weighted by Crippen LogP contribution is 2.29. The number of nitrogens with one attached hydrogen (secondary N) is 1. The number of carbonyl (C=O) groups is 1. The number of benzene rings is 2. The summed E-state index contributed by atoms with van der Waals surface area (Å²) in [5.74, 6) is 0. The molecule has 30 heavy (non-hydrogen) atoms. The molecule has 0 aromatic heterocycles. The summed E-state index contributed by atoms with van der Waals surface area (Å²) in [6, 6.07) is 14.4. The van der Waals surface area contributed by atoms with E-state index in [0.29, 0.717) is 18.7 Å². The Bertz CT molecular complexity index is 788. The van der Waals surface area contributed by atoms with Gasteiger partial charge in [0.25, 0.3) is 0 Å². The number of nitrogens with zero attached hydrogens (tertiary/aromatic N) is 2. The summed E-state index contributed by atoms with van der Waals surface area (Å²) in [7, 11) is 0. The van der Waals surface area contributed by atoms with E-state index in [1.54, 1.807) is 4.90 Å². The zero-order valence-electron chi connectivity index (χ0n) is 17.0. The second-order valence-corrected chi connectivity index (χ2v) is 7.66. The zero-order valence-corrected chi connectivity index (χ0v) is 17.0. The van der Waals surface area contributed by atoms with Gasteiger partial charge in [-0.05, 0) is 49.2 Å². The Balaban J connectivity index is 1.63. The van der Waals surface area contributed by atoms with Crippen LogP contribution in [0.1, 0.15) is 36.0 Å². The minimum absolute atomic E-state index is 0.212. The Kier molecular flexibility index (Phi) is 7.74. The molecule has 2 aromatic rings. The van der Waals surface area contributed by atoms with Crippen molar-refractivity contribution in [3.63, 3.8) is 0 Å². The summed E-state index contributed by atoms with van der Waals surface area (Å²) < 4.78 is 38.5. The van der Waals surface area contributed by atoms with Crippen molar-refractivity contribution < 1.29 is 18.0 Å². The molecule has 0 bridgehead atoms. The molecule has 0 atom stereocenters. The molecule has 0 spiro atoms. The molecule has 7 heteroatoms. The molecule has 0 saturated carbocycles. The first kappa shape index (κ1) is 22.2. The standard InChI is InChI=1S/C23H28F3N3O/c24-23(25,26)21-11-9-20(10-12-21)18-29(16-15-28-13-5-2-6-14-28)22(30)27-17-19-7-3-1-4-8-19/h1,3-4,7-12H,2,5-6,13-18H2,(H,27,30). The van der Waals surface area contributed by atoms with Crippen molar-refractivity contribution in [3.05, 3.63) is 71.3 Å². The second kappa shape index (κ2) is 10.5. The molecule has 1 fully saturated rings. The van der Waals surface area contributed by atoms with E-state index in [-0.39, 0.29) is 12.6 Å². The highest BCUT2D eigenvalue weighted by atomic mass is 19.4. The van der Waals surface area contributed by atoms with Crippen molar-refractivity contribution in [2.24, 2.45) is 0 Å². The number of alkyl halides is 3. The number of piperidine rings is 1. The third-order valence-electron chi connectivity index (χ3n) is 5.36. The lowest BCUT2D eigenvalue weighted by molar-refractivity contribution is -0.137. The molecule has 0 radical (unpaired) electrons. The predicted octanol–water partition coefficient (Wildman–Crippen LogP) is 4.90. The fourth-order valence-electron chi connectivity index (χ4n) is 3.60. The molecule has 4 nitrogen and oxygen atoms in total. The molecule has 1 aliphatic rings. The van der Waals surface area contributed by atoms with Crippen LogP contribution in [-0.4, -0.2) is 42.0 Å². The molecule has 0 aliphatic carbocycles. The average Bonchev–Trinajstić information content (AvgIpc) is 2.76. The first-order chi connectivity index (χ1) is 14.4. The van der Waals surface area contributed by atoms with Crippen molar-refractivity contribution in [1.82, 2.24) is 15.1 Å². The van der Waals surface area contributed by atoms with Crippen LogP contribution >= 0.6 is 0 Å². The topological polar surface area (TPSA) is 35.6 Å². The summed E-state index contributed by atoms with van der Waals surface area (Å²) in [6.45, 7) is 4.03. The van der Waals surface area contributed by atoms with E-state index in [4.69, 9.17) is 0 Å². The summed E-state index contributed by atoms with van der Waals surface area (Å²) in [4.78, 5) is 16.9. The van der Waals surface area contributed by atoms with Gasteiger partial charge in [0.15, 0.2) is 0 Å². The lowest BCUT2D eigenvalue weighted by Gasteiger charge is -2.30. The van der Waals surface area contributed by atoms with Gasteiger partial charge in [0, 0.05) is 26.2 Å². The summed E-state index contributed by atoms with van der Waals surface area (Å²) >= 11 is 0. The summed E-state index contributed by atoms with van der Waals surface area (Å²) in [6.07, 6.45) is -0.791. The fourth-order valence-corrected chi connectivity index (χ4v) is 3.60. The molecule has 162 valence electrons. The number of carbonyl (C=O) groups excluding carboxylic acids is 1. The van der Waals surface area contributed by atoms with Gasteiger partial charge in [-0.25, -0.2) is 4.79 Å². The van der Waals surface area contributed by atoms with E-state index in [1.807, 2.05) is 30.3 Å². The highest BCUT2D eigenvalue weighted by molar-refractivity contribution is 5.74. The van der Waals surface area contributed by atoms with Gasteiger partial charge < -0.3 is 15.1 Å². The van der Waals surface area contributed by atoms with Crippen LogP contribution in [0.15, 0.2) is 54.6 Å². The normalized spacial score (nSPS) is 15.0. The predicted molar refractivity (Wildman–Crippen MR) is 111 cm³/mol. The first-order valence-electron chi connectivity index (χ1n) is 10.4. The maximum Gasteiger partial charge on any atom is 0.416 e. The van der Waals surface area contributed by atoms with Crippen LogP contribution in [0.4, 0.5) is 18.0 Å². The number of hydrogen-bond donors (Lipinski definition) is 1. The average molecular weight is 419 g/mol. The van der Waals surface area contributed by atoms with Crippen LogP contribution < -0.4 is 5.32 Å². The zero-order chi connectivity index (χ0) is 21.4. The van der Waals surface area contributed by atoms with Gasteiger partial charge in [0.05, 0.1) is 5.56 Å². The molecule has 0 unspecified atom stereocenters. The van der Waals surface area contributed by atoms with E-state index in [2.05, 4.69) is 10.2 Å². The highest BCUT2D eigenvalue weighted by Gasteiger charge is 2.30. The Morgan fingerprint density at radius 3 is 2.23 bits per heavy atom. The second-order valence-electron chi connectivity index (χ2n) is 7.66. The number of halogens is 3. The van der Waals surface area contributed by atoms with Gasteiger partial charge in [-0.15, -0.1) is 0 Å². The van der Waals surface area contributed by atoms with E-state index < -0.39 is 11.7 Å². The smallest absolute Gasteiger partial charge is 0.334 e. The molecule has 2 aromatic carbocycles. The largest absolute Gasteiger partial charge is 0.416 e. The minimum Gasteiger partial charge on any atom is -0.334 e. The van der Waals surface area contributed by atoms with Gasteiger partial charge >= 0.3 is 12.2 Å². The molecular formula is C23H28F3N3O. The molecular weight excluding hydrogens is 391 g/mol. The maximum absolute atomic E-state index is 12.8.